The summed E-state index contributed by atoms with van der Waals surface area (Å²) in [6.45, 7) is 4.32. The number of carbonyl (C=O) groups excluding carboxylic acids is 1. The lowest BCUT2D eigenvalue weighted by Gasteiger charge is -2.14. The summed E-state index contributed by atoms with van der Waals surface area (Å²) in [5.74, 6) is 0.0417. The van der Waals surface area contributed by atoms with Gasteiger partial charge in [0.2, 0.25) is 0 Å². The van der Waals surface area contributed by atoms with Crippen LogP contribution in [-0.2, 0) is 0 Å². The molecule has 0 saturated heterocycles. The van der Waals surface area contributed by atoms with Crippen LogP contribution in [0.15, 0.2) is 36.4 Å². The molecule has 2 N–H and O–H groups in total. The first-order valence-corrected chi connectivity index (χ1v) is 6.74. The van der Waals surface area contributed by atoms with Crippen LogP contribution in [0.3, 0.4) is 0 Å². The van der Waals surface area contributed by atoms with Crippen LogP contribution in [0.1, 0.15) is 35.9 Å². The third-order valence-corrected chi connectivity index (χ3v) is 2.97. The minimum absolute atomic E-state index is 0.0461. The third-order valence-electron chi connectivity index (χ3n) is 2.97. The van der Waals surface area contributed by atoms with Gasteiger partial charge < -0.3 is 10.6 Å². The Morgan fingerprint density at radius 3 is 2.48 bits per heavy atom. The van der Waals surface area contributed by atoms with E-state index in [1.54, 1.807) is 24.3 Å². The van der Waals surface area contributed by atoms with Gasteiger partial charge in [0.05, 0.1) is 6.04 Å². The predicted octanol–water partition coefficient (Wildman–Crippen LogP) is 2.54. The molecule has 1 heterocycles. The van der Waals surface area contributed by atoms with Crippen molar-refractivity contribution in [1.82, 2.24) is 15.5 Å². The van der Waals surface area contributed by atoms with Gasteiger partial charge in [-0.05, 0) is 43.7 Å². The van der Waals surface area contributed by atoms with E-state index in [1.807, 2.05) is 13.8 Å². The van der Waals surface area contributed by atoms with Crippen molar-refractivity contribution in [3.05, 3.63) is 53.5 Å². The maximum atomic E-state index is 12.9. The van der Waals surface area contributed by atoms with E-state index in [2.05, 4.69) is 20.8 Å². The number of carbonyl (C=O) groups is 1. The van der Waals surface area contributed by atoms with Gasteiger partial charge in [0.25, 0.3) is 5.91 Å². The number of benzene rings is 1. The summed E-state index contributed by atoms with van der Waals surface area (Å²) in [4.78, 5) is 11.6. The Hall–Kier alpha value is -2.50. The van der Waals surface area contributed by atoms with Crippen LogP contribution in [0.25, 0.3) is 0 Å². The van der Waals surface area contributed by atoms with Crippen LogP contribution in [0, 0.1) is 5.82 Å². The Kier molecular flexibility index (Phi) is 4.81. The lowest BCUT2D eigenvalue weighted by molar-refractivity contribution is 0.0950. The molecule has 1 amide bonds. The SMILES string of the molecule is CCNC(=O)c1ccc(NC(C)c2ccc(F)cc2)nn1. The van der Waals surface area contributed by atoms with E-state index in [0.29, 0.717) is 12.4 Å². The Bertz CT molecular complexity index is 598. The molecule has 2 aromatic rings. The highest BCUT2D eigenvalue weighted by molar-refractivity contribution is 5.92. The van der Waals surface area contributed by atoms with Gasteiger partial charge >= 0.3 is 0 Å². The molecule has 2 rings (SSSR count). The molecule has 0 saturated carbocycles. The first kappa shape index (κ1) is 14.9. The molecule has 0 aliphatic rings. The highest BCUT2D eigenvalue weighted by Gasteiger charge is 2.09. The summed E-state index contributed by atoms with van der Waals surface area (Å²) >= 11 is 0. The van der Waals surface area contributed by atoms with Crippen molar-refractivity contribution in [2.75, 3.05) is 11.9 Å². The zero-order valence-electron chi connectivity index (χ0n) is 11.9. The summed E-state index contributed by atoms with van der Waals surface area (Å²) in [5.41, 5.74) is 1.21. The number of aromatic nitrogens is 2. The molecule has 0 radical (unpaired) electrons. The Labute approximate surface area is 122 Å². The largest absolute Gasteiger partial charge is 0.362 e. The summed E-state index contributed by atoms with van der Waals surface area (Å²) in [5, 5.41) is 13.6. The molecule has 1 unspecified atom stereocenters. The summed E-state index contributed by atoms with van der Waals surface area (Å²) in [6.07, 6.45) is 0. The number of anilines is 1. The lowest BCUT2D eigenvalue weighted by Crippen LogP contribution is -2.24. The minimum Gasteiger partial charge on any atom is -0.362 e. The van der Waals surface area contributed by atoms with Crippen LogP contribution in [-0.4, -0.2) is 22.6 Å². The van der Waals surface area contributed by atoms with Crippen LogP contribution >= 0.6 is 0 Å². The zero-order chi connectivity index (χ0) is 15.2. The molecule has 21 heavy (non-hydrogen) atoms. The Morgan fingerprint density at radius 2 is 1.90 bits per heavy atom. The number of hydrogen-bond acceptors (Lipinski definition) is 4. The molecule has 1 aromatic heterocycles. The highest BCUT2D eigenvalue weighted by atomic mass is 19.1. The van der Waals surface area contributed by atoms with Gasteiger partial charge in [-0.2, -0.15) is 0 Å². The number of hydrogen-bond donors (Lipinski definition) is 2. The van der Waals surface area contributed by atoms with Crippen molar-refractivity contribution >= 4 is 11.7 Å². The second-order valence-electron chi connectivity index (χ2n) is 4.58. The Morgan fingerprint density at radius 1 is 1.19 bits per heavy atom. The maximum absolute atomic E-state index is 12.9. The monoisotopic (exact) mass is 288 g/mol. The standard InChI is InChI=1S/C15H17FN4O/c1-3-17-15(21)13-8-9-14(20-19-13)18-10(2)11-4-6-12(16)7-5-11/h4-10H,3H2,1-2H3,(H,17,21)(H,18,20). The molecule has 0 aliphatic heterocycles. The van der Waals surface area contributed by atoms with E-state index in [1.165, 1.54) is 12.1 Å². The molecule has 5 nitrogen and oxygen atoms in total. The number of nitrogens with one attached hydrogen (secondary N) is 2. The lowest BCUT2D eigenvalue weighted by atomic mass is 10.1. The van der Waals surface area contributed by atoms with Gasteiger partial charge in [0.1, 0.15) is 11.6 Å². The Balaban J connectivity index is 2.02. The highest BCUT2D eigenvalue weighted by Crippen LogP contribution is 2.17. The van der Waals surface area contributed by atoms with E-state index in [0.717, 1.165) is 5.56 Å². The average molecular weight is 288 g/mol. The number of amides is 1. The fraction of sp³-hybridized carbons (Fsp3) is 0.267. The molecule has 1 aromatic carbocycles. The van der Waals surface area contributed by atoms with Crippen molar-refractivity contribution in [2.24, 2.45) is 0 Å². The van der Waals surface area contributed by atoms with Crippen molar-refractivity contribution in [1.29, 1.82) is 0 Å². The molecule has 0 spiro atoms. The maximum Gasteiger partial charge on any atom is 0.271 e. The van der Waals surface area contributed by atoms with Crippen molar-refractivity contribution in [3.8, 4) is 0 Å². The van der Waals surface area contributed by atoms with Crippen molar-refractivity contribution in [2.45, 2.75) is 19.9 Å². The van der Waals surface area contributed by atoms with Gasteiger partial charge in [-0.15, -0.1) is 10.2 Å². The van der Waals surface area contributed by atoms with E-state index < -0.39 is 0 Å². The fourth-order valence-electron chi connectivity index (χ4n) is 1.84. The first-order chi connectivity index (χ1) is 10.1. The summed E-state index contributed by atoms with van der Waals surface area (Å²) in [7, 11) is 0. The van der Waals surface area contributed by atoms with E-state index in [4.69, 9.17) is 0 Å². The minimum atomic E-state index is -0.267. The van der Waals surface area contributed by atoms with E-state index >= 15 is 0 Å². The topological polar surface area (TPSA) is 66.9 Å². The van der Waals surface area contributed by atoms with Gasteiger partial charge in [-0.3, -0.25) is 4.79 Å². The molecular weight excluding hydrogens is 271 g/mol. The van der Waals surface area contributed by atoms with E-state index in [-0.39, 0.29) is 23.5 Å². The second-order valence-corrected chi connectivity index (χ2v) is 4.58. The summed E-state index contributed by atoms with van der Waals surface area (Å²) in [6, 6.07) is 9.51. The van der Waals surface area contributed by atoms with Crippen molar-refractivity contribution < 1.29 is 9.18 Å². The molecular formula is C15H17FN4O. The van der Waals surface area contributed by atoms with Gasteiger partial charge in [-0.1, -0.05) is 12.1 Å². The van der Waals surface area contributed by atoms with Gasteiger partial charge in [0.15, 0.2) is 5.69 Å². The number of nitrogens with zero attached hydrogens (tertiary/aromatic N) is 2. The quantitative estimate of drug-likeness (QED) is 0.887. The smallest absolute Gasteiger partial charge is 0.271 e. The average Bonchev–Trinajstić information content (AvgIpc) is 2.49. The molecule has 0 aliphatic carbocycles. The number of halogens is 1. The van der Waals surface area contributed by atoms with Gasteiger partial charge in [0, 0.05) is 6.54 Å². The van der Waals surface area contributed by atoms with Crippen LogP contribution in [0.5, 0.6) is 0 Å². The van der Waals surface area contributed by atoms with Gasteiger partial charge in [-0.25, -0.2) is 4.39 Å². The molecule has 1 atom stereocenters. The van der Waals surface area contributed by atoms with Crippen LogP contribution < -0.4 is 10.6 Å². The van der Waals surface area contributed by atoms with Crippen molar-refractivity contribution in [3.63, 3.8) is 0 Å². The molecule has 0 fully saturated rings. The first-order valence-electron chi connectivity index (χ1n) is 6.74. The van der Waals surface area contributed by atoms with E-state index in [9.17, 15) is 9.18 Å². The number of rotatable bonds is 5. The zero-order valence-corrected chi connectivity index (χ0v) is 11.9. The predicted molar refractivity (Wildman–Crippen MR) is 78.5 cm³/mol. The molecule has 6 heteroatoms. The summed E-state index contributed by atoms with van der Waals surface area (Å²) < 4.78 is 12.9. The fourth-order valence-corrected chi connectivity index (χ4v) is 1.84. The normalized spacial score (nSPS) is 11.8. The molecule has 110 valence electrons. The van der Waals surface area contributed by atoms with Crippen LogP contribution in [0.2, 0.25) is 0 Å². The van der Waals surface area contributed by atoms with Crippen LogP contribution in [0.4, 0.5) is 10.2 Å². The second kappa shape index (κ2) is 6.78. The third kappa shape index (κ3) is 3.98. The molecule has 0 bridgehead atoms.